The number of esters is 1. The number of carbonyl (C=O) groups excluding carboxylic acids is 2. The molecule has 0 aliphatic carbocycles. The molecule has 0 aromatic rings. The third-order valence-corrected chi connectivity index (χ3v) is 2.36. The molecule has 1 aliphatic heterocycles. The number of hydrogen-bond donors (Lipinski definition) is 0. The summed E-state index contributed by atoms with van der Waals surface area (Å²) in [6, 6.07) is 0. The molecule has 1 heterocycles. The Labute approximate surface area is 89.0 Å². The average molecular weight is 209 g/mol. The molecule has 4 nitrogen and oxygen atoms in total. The van der Waals surface area contributed by atoms with Crippen molar-refractivity contribution in [1.82, 2.24) is 0 Å². The zero-order chi connectivity index (χ0) is 11.4. The normalized spacial score (nSPS) is 16.5. The van der Waals surface area contributed by atoms with Gasteiger partial charge in [-0.3, -0.25) is 9.79 Å². The van der Waals surface area contributed by atoms with Crippen LogP contribution >= 0.6 is 0 Å². The maximum atomic E-state index is 11.7. The van der Waals surface area contributed by atoms with Crippen molar-refractivity contribution < 1.29 is 14.3 Å². The number of hydrogen-bond acceptors (Lipinski definition) is 4. The number of ketones is 1. The van der Waals surface area contributed by atoms with E-state index in [2.05, 4.69) is 9.73 Å². The van der Waals surface area contributed by atoms with Crippen molar-refractivity contribution in [3.05, 3.63) is 11.3 Å². The van der Waals surface area contributed by atoms with Gasteiger partial charge < -0.3 is 4.74 Å². The summed E-state index contributed by atoms with van der Waals surface area (Å²) < 4.78 is 4.57. The lowest BCUT2D eigenvalue weighted by Crippen LogP contribution is -2.23. The highest BCUT2D eigenvalue weighted by molar-refractivity contribution is 6.24. The van der Waals surface area contributed by atoms with Crippen molar-refractivity contribution in [2.24, 2.45) is 4.99 Å². The first-order valence-corrected chi connectivity index (χ1v) is 5.05. The van der Waals surface area contributed by atoms with Crippen molar-refractivity contribution in [3.8, 4) is 0 Å². The molecule has 0 saturated heterocycles. The van der Waals surface area contributed by atoms with Gasteiger partial charge in [0, 0.05) is 12.1 Å². The molecule has 15 heavy (non-hydrogen) atoms. The van der Waals surface area contributed by atoms with Crippen LogP contribution in [0.3, 0.4) is 0 Å². The van der Waals surface area contributed by atoms with Gasteiger partial charge in [-0.2, -0.15) is 0 Å². The van der Waals surface area contributed by atoms with Gasteiger partial charge in [0.05, 0.1) is 12.8 Å². The van der Waals surface area contributed by atoms with Crippen LogP contribution in [0.2, 0.25) is 0 Å². The number of nitrogens with zero attached hydrogens (tertiary/aromatic N) is 1. The number of rotatable bonds is 3. The number of aliphatic imine (C=N–C) groups is 1. The molecule has 82 valence electrons. The molecule has 0 aromatic heterocycles. The second-order valence-electron chi connectivity index (χ2n) is 3.30. The fraction of sp³-hybridized carbons (Fsp3) is 0.545. The van der Waals surface area contributed by atoms with Gasteiger partial charge in [0.1, 0.15) is 5.57 Å². The summed E-state index contributed by atoms with van der Waals surface area (Å²) >= 11 is 0. The Morgan fingerprint density at radius 1 is 1.40 bits per heavy atom. The third-order valence-electron chi connectivity index (χ3n) is 2.36. The predicted octanol–water partition coefficient (Wildman–Crippen LogP) is 1.65. The standard InChI is InChI=1S/C11H15NO3/c1-4-7-6-9(13)10(11(14)15-3)8(5-2)12-7/h4-6H2,1-3H3. The van der Waals surface area contributed by atoms with E-state index in [9.17, 15) is 9.59 Å². The first-order chi connectivity index (χ1) is 7.13. The van der Waals surface area contributed by atoms with E-state index in [0.29, 0.717) is 12.1 Å². The van der Waals surface area contributed by atoms with Crippen molar-refractivity contribution in [1.29, 1.82) is 0 Å². The molecule has 0 amide bonds. The van der Waals surface area contributed by atoms with Gasteiger partial charge in [0.15, 0.2) is 5.78 Å². The van der Waals surface area contributed by atoms with Crippen LogP contribution in [0.15, 0.2) is 16.3 Å². The van der Waals surface area contributed by atoms with Gasteiger partial charge in [-0.1, -0.05) is 13.8 Å². The van der Waals surface area contributed by atoms with E-state index in [4.69, 9.17) is 0 Å². The van der Waals surface area contributed by atoms with Crippen LogP contribution in [0.1, 0.15) is 33.1 Å². The number of Topliss-reactive ketones (excluding diaryl/α,β-unsaturated/α-hetero) is 1. The van der Waals surface area contributed by atoms with Crippen molar-refractivity contribution >= 4 is 17.5 Å². The van der Waals surface area contributed by atoms with E-state index in [1.54, 1.807) is 0 Å². The molecule has 0 bridgehead atoms. The average Bonchev–Trinajstić information content (AvgIpc) is 2.26. The van der Waals surface area contributed by atoms with Crippen molar-refractivity contribution in [3.63, 3.8) is 0 Å². The van der Waals surface area contributed by atoms with Gasteiger partial charge >= 0.3 is 5.97 Å². The lowest BCUT2D eigenvalue weighted by molar-refractivity contribution is -0.137. The SMILES string of the molecule is CCC1=NC(CC)=C(C(=O)OC)C(=O)C1. The Morgan fingerprint density at radius 2 is 2.07 bits per heavy atom. The molecule has 0 aromatic carbocycles. The second-order valence-corrected chi connectivity index (χ2v) is 3.30. The molecule has 0 saturated carbocycles. The van der Waals surface area contributed by atoms with E-state index >= 15 is 0 Å². The minimum Gasteiger partial charge on any atom is -0.465 e. The van der Waals surface area contributed by atoms with Gasteiger partial charge in [-0.05, 0) is 12.8 Å². The molecule has 0 radical (unpaired) electrons. The Hall–Kier alpha value is -1.45. The Balaban J connectivity index is 3.16. The van der Waals surface area contributed by atoms with Crippen LogP contribution in [0.25, 0.3) is 0 Å². The number of methoxy groups -OCH3 is 1. The molecular formula is C11H15NO3. The molecule has 0 spiro atoms. The zero-order valence-electron chi connectivity index (χ0n) is 9.29. The summed E-state index contributed by atoms with van der Waals surface area (Å²) in [7, 11) is 1.27. The molecule has 0 atom stereocenters. The molecule has 0 N–H and O–H groups in total. The second kappa shape index (κ2) is 4.87. The number of carbonyl (C=O) groups is 2. The minimum absolute atomic E-state index is 0.122. The summed E-state index contributed by atoms with van der Waals surface area (Å²) in [6.45, 7) is 3.82. The zero-order valence-corrected chi connectivity index (χ0v) is 9.29. The van der Waals surface area contributed by atoms with E-state index in [1.807, 2.05) is 13.8 Å². The van der Waals surface area contributed by atoms with Crippen molar-refractivity contribution in [2.75, 3.05) is 7.11 Å². The monoisotopic (exact) mass is 209 g/mol. The number of allylic oxidation sites excluding steroid dienone is 1. The molecule has 0 fully saturated rings. The number of ether oxygens (including phenoxy) is 1. The summed E-state index contributed by atoms with van der Waals surface area (Å²) in [6.07, 6.45) is 1.55. The van der Waals surface area contributed by atoms with Gasteiger partial charge in [0.25, 0.3) is 0 Å². The summed E-state index contributed by atoms with van der Waals surface area (Å²) in [5.41, 5.74) is 1.51. The van der Waals surface area contributed by atoms with Crippen LogP contribution in [-0.2, 0) is 14.3 Å². The lowest BCUT2D eigenvalue weighted by atomic mass is 9.98. The molecule has 1 aliphatic rings. The van der Waals surface area contributed by atoms with Crippen LogP contribution in [0.5, 0.6) is 0 Å². The fourth-order valence-corrected chi connectivity index (χ4v) is 1.51. The summed E-state index contributed by atoms with van der Waals surface area (Å²) in [4.78, 5) is 27.4. The first kappa shape index (κ1) is 11.6. The predicted molar refractivity (Wildman–Crippen MR) is 56.7 cm³/mol. The maximum Gasteiger partial charge on any atom is 0.343 e. The molecule has 0 unspecified atom stereocenters. The van der Waals surface area contributed by atoms with Gasteiger partial charge in [-0.25, -0.2) is 4.79 Å². The Morgan fingerprint density at radius 3 is 2.53 bits per heavy atom. The Kier molecular flexibility index (Phi) is 3.77. The van der Waals surface area contributed by atoms with E-state index in [0.717, 1.165) is 12.1 Å². The molecule has 4 heteroatoms. The maximum absolute atomic E-state index is 11.7. The van der Waals surface area contributed by atoms with E-state index in [1.165, 1.54) is 7.11 Å². The third kappa shape index (κ3) is 2.32. The molecular weight excluding hydrogens is 194 g/mol. The Bertz CT molecular complexity index is 353. The first-order valence-electron chi connectivity index (χ1n) is 5.05. The smallest absolute Gasteiger partial charge is 0.343 e. The fourth-order valence-electron chi connectivity index (χ4n) is 1.51. The van der Waals surface area contributed by atoms with Crippen LogP contribution < -0.4 is 0 Å². The highest BCUT2D eigenvalue weighted by Crippen LogP contribution is 2.21. The van der Waals surface area contributed by atoms with Crippen LogP contribution in [0, 0.1) is 0 Å². The van der Waals surface area contributed by atoms with Gasteiger partial charge in [-0.15, -0.1) is 0 Å². The summed E-state index contributed by atoms with van der Waals surface area (Å²) in [5.74, 6) is -0.749. The van der Waals surface area contributed by atoms with E-state index in [-0.39, 0.29) is 17.8 Å². The van der Waals surface area contributed by atoms with Gasteiger partial charge in [0.2, 0.25) is 0 Å². The van der Waals surface area contributed by atoms with Crippen LogP contribution in [-0.4, -0.2) is 24.6 Å². The summed E-state index contributed by atoms with van der Waals surface area (Å²) in [5, 5.41) is 0. The van der Waals surface area contributed by atoms with Crippen LogP contribution in [0.4, 0.5) is 0 Å². The van der Waals surface area contributed by atoms with Crippen molar-refractivity contribution in [2.45, 2.75) is 33.1 Å². The lowest BCUT2D eigenvalue weighted by Gasteiger charge is -2.15. The highest BCUT2D eigenvalue weighted by atomic mass is 16.5. The van der Waals surface area contributed by atoms with E-state index < -0.39 is 5.97 Å². The molecule has 1 rings (SSSR count). The topological polar surface area (TPSA) is 55.7 Å². The largest absolute Gasteiger partial charge is 0.465 e. The highest BCUT2D eigenvalue weighted by Gasteiger charge is 2.27. The minimum atomic E-state index is -0.573. The quantitative estimate of drug-likeness (QED) is 0.524.